The Balaban J connectivity index is 1.88. The lowest BCUT2D eigenvalue weighted by Crippen LogP contribution is -2.30. The van der Waals surface area contributed by atoms with Crippen molar-refractivity contribution in [3.05, 3.63) is 18.1 Å². The predicted octanol–water partition coefficient (Wildman–Crippen LogP) is 1.84. The molecule has 1 fully saturated rings. The van der Waals surface area contributed by atoms with E-state index >= 15 is 0 Å². The molecule has 0 atom stereocenters. The van der Waals surface area contributed by atoms with Gasteiger partial charge >= 0.3 is 0 Å². The zero-order chi connectivity index (χ0) is 14.4. The summed E-state index contributed by atoms with van der Waals surface area (Å²) in [6.45, 7) is 7.81. The topological polar surface area (TPSA) is 50.3 Å². The normalized spacial score (nSPS) is 14.8. The molecule has 0 radical (unpaired) electrons. The van der Waals surface area contributed by atoms with E-state index in [0.717, 1.165) is 37.8 Å². The van der Waals surface area contributed by atoms with E-state index in [1.54, 1.807) is 7.11 Å². The first kappa shape index (κ1) is 15.2. The first-order valence-corrected chi connectivity index (χ1v) is 7.48. The Morgan fingerprint density at radius 3 is 2.70 bits per heavy atom. The minimum Gasteiger partial charge on any atom is -0.383 e. The fraction of sp³-hybridized carbons (Fsp3) is 0.733. The number of aromatic nitrogens is 2. The van der Waals surface area contributed by atoms with E-state index in [-0.39, 0.29) is 0 Å². The molecule has 1 N–H and O–H groups in total. The highest BCUT2D eigenvalue weighted by atomic mass is 16.5. The molecule has 0 aromatic carbocycles. The van der Waals surface area contributed by atoms with E-state index in [1.807, 2.05) is 12.4 Å². The lowest BCUT2D eigenvalue weighted by atomic mass is 10.2. The molecule has 5 heteroatoms. The first-order chi connectivity index (χ1) is 9.70. The van der Waals surface area contributed by atoms with Gasteiger partial charge in [-0.2, -0.15) is 0 Å². The monoisotopic (exact) mass is 278 g/mol. The second-order valence-electron chi connectivity index (χ2n) is 5.81. The summed E-state index contributed by atoms with van der Waals surface area (Å²) in [7, 11) is 1.74. The van der Waals surface area contributed by atoms with Gasteiger partial charge in [0.2, 0.25) is 0 Å². The lowest BCUT2D eigenvalue weighted by Gasteiger charge is -2.22. The number of methoxy groups -OCH3 is 1. The van der Waals surface area contributed by atoms with Crippen LogP contribution in [0.4, 0.5) is 5.82 Å². The largest absolute Gasteiger partial charge is 0.383 e. The van der Waals surface area contributed by atoms with Crippen LogP contribution in [0, 0.1) is 5.92 Å². The molecule has 1 aliphatic rings. The third kappa shape index (κ3) is 4.72. The second kappa shape index (κ2) is 7.55. The van der Waals surface area contributed by atoms with Crippen LogP contribution in [0.2, 0.25) is 0 Å². The van der Waals surface area contributed by atoms with Gasteiger partial charge in [-0.05, 0) is 25.3 Å². The predicted molar refractivity (Wildman–Crippen MR) is 80.8 cm³/mol. The Hall–Kier alpha value is -1.20. The standard InChI is InChI=1S/C15H26N4O/c1-12(2)8-16-9-13-10-18-15(11-17-13)19(6-7-20-3)14-4-5-14/h10-12,14,16H,4-9H2,1-3H3. The quantitative estimate of drug-likeness (QED) is 0.747. The number of anilines is 1. The lowest BCUT2D eigenvalue weighted by molar-refractivity contribution is 0.204. The average molecular weight is 278 g/mol. The van der Waals surface area contributed by atoms with Crippen LogP contribution in [-0.4, -0.2) is 42.8 Å². The summed E-state index contributed by atoms with van der Waals surface area (Å²) in [5.41, 5.74) is 0.997. The second-order valence-corrected chi connectivity index (χ2v) is 5.81. The van der Waals surface area contributed by atoms with E-state index < -0.39 is 0 Å². The van der Waals surface area contributed by atoms with E-state index in [4.69, 9.17) is 4.74 Å². The summed E-state index contributed by atoms with van der Waals surface area (Å²) in [6.07, 6.45) is 6.28. The minimum atomic E-state index is 0.629. The fourth-order valence-corrected chi connectivity index (χ4v) is 2.14. The highest BCUT2D eigenvalue weighted by molar-refractivity contribution is 5.39. The molecule has 112 valence electrons. The molecule has 1 heterocycles. The summed E-state index contributed by atoms with van der Waals surface area (Å²) in [4.78, 5) is 11.4. The molecule has 0 spiro atoms. The molecule has 0 bridgehead atoms. The summed E-state index contributed by atoms with van der Waals surface area (Å²) in [5.74, 6) is 1.62. The molecule has 2 rings (SSSR count). The third-order valence-electron chi connectivity index (χ3n) is 3.37. The van der Waals surface area contributed by atoms with Crippen molar-refractivity contribution in [2.45, 2.75) is 39.3 Å². The number of rotatable bonds is 9. The molecular weight excluding hydrogens is 252 g/mol. The van der Waals surface area contributed by atoms with Crippen molar-refractivity contribution in [2.75, 3.05) is 31.7 Å². The van der Waals surface area contributed by atoms with Crippen LogP contribution in [0.1, 0.15) is 32.4 Å². The Labute approximate surface area is 121 Å². The van der Waals surface area contributed by atoms with Crippen molar-refractivity contribution < 1.29 is 4.74 Å². The van der Waals surface area contributed by atoms with Crippen LogP contribution in [0.5, 0.6) is 0 Å². The van der Waals surface area contributed by atoms with Crippen molar-refractivity contribution in [3.8, 4) is 0 Å². The molecule has 20 heavy (non-hydrogen) atoms. The van der Waals surface area contributed by atoms with Crippen molar-refractivity contribution in [1.29, 1.82) is 0 Å². The molecule has 1 aliphatic carbocycles. The molecule has 0 aliphatic heterocycles. The molecule has 0 unspecified atom stereocenters. The van der Waals surface area contributed by atoms with Gasteiger partial charge in [0.25, 0.3) is 0 Å². The number of nitrogens with zero attached hydrogens (tertiary/aromatic N) is 3. The van der Waals surface area contributed by atoms with Crippen molar-refractivity contribution in [1.82, 2.24) is 15.3 Å². The molecule has 0 amide bonds. The molecule has 5 nitrogen and oxygen atoms in total. The molecular formula is C15H26N4O. The maximum absolute atomic E-state index is 5.17. The number of hydrogen-bond donors (Lipinski definition) is 1. The minimum absolute atomic E-state index is 0.629. The van der Waals surface area contributed by atoms with Gasteiger partial charge in [-0.3, -0.25) is 4.98 Å². The molecule has 1 aromatic rings. The Kier molecular flexibility index (Phi) is 5.73. The Morgan fingerprint density at radius 1 is 1.35 bits per heavy atom. The Bertz CT molecular complexity index is 389. The summed E-state index contributed by atoms with van der Waals surface area (Å²) >= 11 is 0. The smallest absolute Gasteiger partial charge is 0.147 e. The van der Waals surface area contributed by atoms with E-state index in [0.29, 0.717) is 12.0 Å². The highest BCUT2D eigenvalue weighted by Crippen LogP contribution is 2.29. The van der Waals surface area contributed by atoms with Crippen LogP contribution in [0.25, 0.3) is 0 Å². The molecule has 1 saturated carbocycles. The molecule has 1 aromatic heterocycles. The van der Waals surface area contributed by atoms with Gasteiger partial charge in [0.1, 0.15) is 5.82 Å². The Morgan fingerprint density at radius 2 is 2.15 bits per heavy atom. The summed E-state index contributed by atoms with van der Waals surface area (Å²) < 4.78 is 5.17. The van der Waals surface area contributed by atoms with Gasteiger partial charge in [0.05, 0.1) is 24.7 Å². The van der Waals surface area contributed by atoms with Crippen LogP contribution < -0.4 is 10.2 Å². The number of ether oxygens (including phenoxy) is 1. The van der Waals surface area contributed by atoms with Gasteiger partial charge < -0.3 is 15.0 Å². The zero-order valence-electron chi connectivity index (χ0n) is 12.8. The van der Waals surface area contributed by atoms with Gasteiger partial charge in [-0.15, -0.1) is 0 Å². The first-order valence-electron chi connectivity index (χ1n) is 7.48. The van der Waals surface area contributed by atoms with Gasteiger partial charge in [-0.1, -0.05) is 13.8 Å². The van der Waals surface area contributed by atoms with Crippen molar-refractivity contribution in [3.63, 3.8) is 0 Å². The van der Waals surface area contributed by atoms with Crippen LogP contribution >= 0.6 is 0 Å². The summed E-state index contributed by atoms with van der Waals surface area (Å²) in [5, 5.41) is 3.38. The van der Waals surface area contributed by atoms with Gasteiger partial charge in [0.15, 0.2) is 0 Å². The number of nitrogens with one attached hydrogen (secondary N) is 1. The average Bonchev–Trinajstić information content (AvgIpc) is 3.25. The highest BCUT2D eigenvalue weighted by Gasteiger charge is 2.29. The maximum Gasteiger partial charge on any atom is 0.147 e. The van der Waals surface area contributed by atoms with Crippen LogP contribution in [0.3, 0.4) is 0 Å². The fourth-order valence-electron chi connectivity index (χ4n) is 2.14. The van der Waals surface area contributed by atoms with Crippen molar-refractivity contribution >= 4 is 5.82 Å². The van der Waals surface area contributed by atoms with Crippen molar-refractivity contribution in [2.24, 2.45) is 5.92 Å². The number of hydrogen-bond acceptors (Lipinski definition) is 5. The SMILES string of the molecule is COCCN(c1cnc(CNCC(C)C)cn1)C1CC1. The third-order valence-corrected chi connectivity index (χ3v) is 3.37. The van der Waals surface area contributed by atoms with E-state index in [2.05, 4.69) is 34.0 Å². The van der Waals surface area contributed by atoms with Gasteiger partial charge in [0, 0.05) is 26.2 Å². The van der Waals surface area contributed by atoms with E-state index in [1.165, 1.54) is 12.8 Å². The van der Waals surface area contributed by atoms with Crippen LogP contribution in [-0.2, 0) is 11.3 Å². The summed E-state index contributed by atoms with van der Waals surface area (Å²) in [6, 6.07) is 0.629. The zero-order valence-corrected chi connectivity index (χ0v) is 12.8. The van der Waals surface area contributed by atoms with E-state index in [9.17, 15) is 0 Å². The maximum atomic E-state index is 5.17. The molecule has 0 saturated heterocycles. The van der Waals surface area contributed by atoms with Crippen LogP contribution in [0.15, 0.2) is 12.4 Å². The van der Waals surface area contributed by atoms with Gasteiger partial charge in [-0.25, -0.2) is 4.98 Å².